The van der Waals surface area contributed by atoms with E-state index in [1.165, 1.54) is 18.2 Å². The summed E-state index contributed by atoms with van der Waals surface area (Å²) in [5.74, 6) is -1.54. The number of carbonyl (C=O) groups is 1. The fourth-order valence-corrected chi connectivity index (χ4v) is 1.85. The third-order valence-electron chi connectivity index (χ3n) is 2.98. The quantitative estimate of drug-likeness (QED) is 0.847. The highest BCUT2D eigenvalue weighted by atomic mass is 19.1. The lowest BCUT2D eigenvalue weighted by molar-refractivity contribution is 0.0939. The zero-order valence-corrected chi connectivity index (χ0v) is 10.9. The van der Waals surface area contributed by atoms with Crippen LogP contribution in [-0.2, 0) is 0 Å². The molecule has 3 N–H and O–H groups in total. The lowest BCUT2D eigenvalue weighted by Crippen LogP contribution is -2.27. The highest BCUT2D eigenvalue weighted by molar-refractivity contribution is 5.94. The van der Waals surface area contributed by atoms with Gasteiger partial charge in [-0.15, -0.1) is 0 Å². The van der Waals surface area contributed by atoms with Gasteiger partial charge in [0.2, 0.25) is 0 Å². The van der Waals surface area contributed by atoms with Gasteiger partial charge in [0.25, 0.3) is 5.91 Å². The van der Waals surface area contributed by atoms with Gasteiger partial charge in [0.15, 0.2) is 0 Å². The summed E-state index contributed by atoms with van der Waals surface area (Å²) in [4.78, 5) is 12.0. The first kappa shape index (κ1) is 14.0. The first-order valence-electron chi connectivity index (χ1n) is 6.09. The maximum atomic E-state index is 13.6. The van der Waals surface area contributed by atoms with Crippen molar-refractivity contribution in [2.24, 2.45) is 0 Å². The van der Waals surface area contributed by atoms with Gasteiger partial charge in [0, 0.05) is 11.1 Å². The van der Waals surface area contributed by atoms with E-state index in [9.17, 15) is 13.6 Å². The minimum atomic E-state index is -0.656. The average Bonchev–Trinajstić information content (AvgIpc) is 2.42. The van der Waals surface area contributed by atoms with Gasteiger partial charge in [-0.25, -0.2) is 8.78 Å². The molecule has 0 aliphatic heterocycles. The SMILES string of the molecule is CC(NC(=O)c1ccc(N)c(F)c1)c1ccccc1F. The minimum Gasteiger partial charge on any atom is -0.396 e. The Kier molecular flexibility index (Phi) is 3.98. The van der Waals surface area contributed by atoms with Gasteiger partial charge in [-0.05, 0) is 31.2 Å². The van der Waals surface area contributed by atoms with Crippen LogP contribution in [0, 0.1) is 11.6 Å². The van der Waals surface area contributed by atoms with Crippen molar-refractivity contribution in [2.45, 2.75) is 13.0 Å². The average molecular weight is 276 g/mol. The second-order valence-corrected chi connectivity index (χ2v) is 4.45. The van der Waals surface area contributed by atoms with Gasteiger partial charge in [0.1, 0.15) is 11.6 Å². The van der Waals surface area contributed by atoms with Gasteiger partial charge in [0.05, 0.1) is 11.7 Å². The topological polar surface area (TPSA) is 55.1 Å². The Balaban J connectivity index is 2.15. The summed E-state index contributed by atoms with van der Waals surface area (Å²) in [5, 5.41) is 2.61. The molecular weight excluding hydrogens is 262 g/mol. The van der Waals surface area contributed by atoms with Crippen LogP contribution >= 0.6 is 0 Å². The Hall–Kier alpha value is -2.43. The molecule has 1 unspecified atom stereocenters. The summed E-state index contributed by atoms with van der Waals surface area (Å²) in [6.45, 7) is 1.66. The number of halogens is 2. The molecule has 3 nitrogen and oxygen atoms in total. The molecule has 2 rings (SSSR count). The maximum absolute atomic E-state index is 13.6. The van der Waals surface area contributed by atoms with E-state index in [-0.39, 0.29) is 11.3 Å². The molecule has 0 heterocycles. The van der Waals surface area contributed by atoms with Crippen LogP contribution in [0.1, 0.15) is 28.9 Å². The molecule has 5 heteroatoms. The normalized spacial score (nSPS) is 11.9. The third-order valence-corrected chi connectivity index (χ3v) is 2.98. The number of nitrogen functional groups attached to an aromatic ring is 1. The predicted octanol–water partition coefficient (Wildman–Crippen LogP) is 3.04. The molecule has 1 atom stereocenters. The van der Waals surface area contributed by atoms with Crippen molar-refractivity contribution in [1.29, 1.82) is 0 Å². The Bertz CT molecular complexity index is 644. The van der Waals surface area contributed by atoms with E-state index >= 15 is 0 Å². The molecule has 0 bridgehead atoms. The van der Waals surface area contributed by atoms with E-state index in [2.05, 4.69) is 5.32 Å². The molecule has 1 amide bonds. The van der Waals surface area contributed by atoms with Crippen LogP contribution in [0.2, 0.25) is 0 Å². The van der Waals surface area contributed by atoms with Crippen molar-refractivity contribution in [1.82, 2.24) is 5.32 Å². The molecule has 2 aromatic carbocycles. The summed E-state index contributed by atoms with van der Waals surface area (Å²) in [6.07, 6.45) is 0. The molecule has 104 valence electrons. The van der Waals surface area contributed by atoms with E-state index in [1.54, 1.807) is 25.1 Å². The van der Waals surface area contributed by atoms with Gasteiger partial charge in [-0.1, -0.05) is 18.2 Å². The van der Waals surface area contributed by atoms with Crippen LogP contribution in [0.4, 0.5) is 14.5 Å². The molecule has 0 fully saturated rings. The molecule has 2 aromatic rings. The summed E-state index contributed by atoms with van der Waals surface area (Å²) >= 11 is 0. The van der Waals surface area contributed by atoms with Crippen molar-refractivity contribution in [3.05, 3.63) is 65.2 Å². The Morgan fingerprint density at radius 2 is 1.85 bits per heavy atom. The van der Waals surface area contributed by atoms with Crippen LogP contribution in [0.5, 0.6) is 0 Å². The van der Waals surface area contributed by atoms with Crippen molar-refractivity contribution >= 4 is 11.6 Å². The number of amides is 1. The number of hydrogen-bond acceptors (Lipinski definition) is 2. The second kappa shape index (κ2) is 5.69. The van der Waals surface area contributed by atoms with E-state index in [0.717, 1.165) is 6.07 Å². The number of benzene rings is 2. The van der Waals surface area contributed by atoms with E-state index in [0.29, 0.717) is 5.56 Å². The van der Waals surface area contributed by atoms with Crippen LogP contribution in [0.3, 0.4) is 0 Å². The molecular formula is C15H14F2N2O. The lowest BCUT2D eigenvalue weighted by atomic mass is 10.1. The zero-order valence-electron chi connectivity index (χ0n) is 10.9. The number of nitrogens with two attached hydrogens (primary N) is 1. The van der Waals surface area contributed by atoms with E-state index in [4.69, 9.17) is 5.73 Å². The molecule has 0 aromatic heterocycles. The van der Waals surface area contributed by atoms with Crippen molar-refractivity contribution in [2.75, 3.05) is 5.73 Å². The number of anilines is 1. The minimum absolute atomic E-state index is 0.0243. The van der Waals surface area contributed by atoms with Crippen molar-refractivity contribution in [3.63, 3.8) is 0 Å². The number of nitrogens with one attached hydrogen (secondary N) is 1. The first-order chi connectivity index (χ1) is 9.49. The summed E-state index contributed by atoms with van der Waals surface area (Å²) in [7, 11) is 0. The zero-order chi connectivity index (χ0) is 14.7. The lowest BCUT2D eigenvalue weighted by Gasteiger charge is -2.15. The van der Waals surface area contributed by atoms with Crippen LogP contribution in [0.15, 0.2) is 42.5 Å². The fourth-order valence-electron chi connectivity index (χ4n) is 1.85. The molecule has 0 aliphatic rings. The van der Waals surface area contributed by atoms with Crippen LogP contribution < -0.4 is 11.1 Å². The van der Waals surface area contributed by atoms with Gasteiger partial charge in [-0.2, -0.15) is 0 Å². The highest BCUT2D eigenvalue weighted by Crippen LogP contribution is 2.17. The van der Waals surface area contributed by atoms with Crippen molar-refractivity contribution < 1.29 is 13.6 Å². The highest BCUT2D eigenvalue weighted by Gasteiger charge is 2.15. The number of hydrogen-bond donors (Lipinski definition) is 2. The molecule has 0 saturated heterocycles. The Morgan fingerprint density at radius 3 is 2.50 bits per heavy atom. The summed E-state index contributed by atoms with van der Waals surface area (Å²) < 4.78 is 26.9. The Morgan fingerprint density at radius 1 is 1.15 bits per heavy atom. The van der Waals surface area contributed by atoms with E-state index in [1.807, 2.05) is 0 Å². The molecule has 0 aliphatic carbocycles. The van der Waals surface area contributed by atoms with Gasteiger partial charge >= 0.3 is 0 Å². The second-order valence-electron chi connectivity index (χ2n) is 4.45. The number of rotatable bonds is 3. The van der Waals surface area contributed by atoms with Crippen LogP contribution in [0.25, 0.3) is 0 Å². The smallest absolute Gasteiger partial charge is 0.251 e. The summed E-state index contributed by atoms with van der Waals surface area (Å²) in [5.41, 5.74) is 5.83. The Labute approximate surface area is 115 Å². The maximum Gasteiger partial charge on any atom is 0.251 e. The summed E-state index contributed by atoms with van der Waals surface area (Å²) in [6, 6.07) is 9.43. The standard InChI is InChI=1S/C15H14F2N2O/c1-9(11-4-2-3-5-12(11)16)19-15(20)10-6-7-14(18)13(17)8-10/h2-9H,18H2,1H3,(H,19,20). The number of carbonyl (C=O) groups excluding carboxylic acids is 1. The molecule has 0 saturated carbocycles. The van der Waals surface area contributed by atoms with Crippen LogP contribution in [-0.4, -0.2) is 5.91 Å². The van der Waals surface area contributed by atoms with Gasteiger partial charge in [-0.3, -0.25) is 4.79 Å². The fraction of sp³-hybridized carbons (Fsp3) is 0.133. The third kappa shape index (κ3) is 2.93. The first-order valence-corrected chi connectivity index (χ1v) is 6.09. The predicted molar refractivity (Wildman–Crippen MR) is 73.1 cm³/mol. The molecule has 0 spiro atoms. The largest absolute Gasteiger partial charge is 0.396 e. The molecule has 0 radical (unpaired) electrons. The molecule has 20 heavy (non-hydrogen) atoms. The monoisotopic (exact) mass is 276 g/mol. The van der Waals surface area contributed by atoms with Crippen molar-refractivity contribution in [3.8, 4) is 0 Å². The van der Waals surface area contributed by atoms with Gasteiger partial charge < -0.3 is 11.1 Å². The van der Waals surface area contributed by atoms with E-state index < -0.39 is 23.6 Å².